The number of fused-ring (bicyclic) bond motifs is 3. The molecule has 4 heteroatoms. The van der Waals surface area contributed by atoms with Crippen LogP contribution in [-0.4, -0.2) is 15.0 Å². The Morgan fingerprint density at radius 3 is 1.29 bits per heavy atom. The fraction of sp³-hybridized carbons (Fsp3) is 0. The molecule has 0 unspecified atom stereocenters. The SMILES string of the molecule is c1ccc(-c2ccc(-c3ccc4oc5cccc(-c6nc(-c7ccccc7)nc(-c7cc(-c8ccccc8)cc(-c8ccccc8)c7)n6)c5c4c3)cc2)cc1. The number of furan rings is 1. The summed E-state index contributed by atoms with van der Waals surface area (Å²) in [6, 6.07) is 69.3. The number of aromatic nitrogens is 3. The topological polar surface area (TPSA) is 51.8 Å². The second-order valence-corrected chi connectivity index (χ2v) is 13.6. The average Bonchev–Trinajstić information content (AvgIpc) is 3.66. The highest BCUT2D eigenvalue weighted by Crippen LogP contribution is 2.39. The predicted molar refractivity (Wildman–Crippen MR) is 225 cm³/mol. The monoisotopic (exact) mass is 703 g/mol. The van der Waals surface area contributed by atoms with E-state index in [1.807, 2.05) is 60.7 Å². The lowest BCUT2D eigenvalue weighted by atomic mass is 9.95. The van der Waals surface area contributed by atoms with Crippen LogP contribution in [0.5, 0.6) is 0 Å². The molecule has 4 nitrogen and oxygen atoms in total. The van der Waals surface area contributed by atoms with Crippen molar-refractivity contribution in [2.75, 3.05) is 0 Å². The van der Waals surface area contributed by atoms with E-state index in [9.17, 15) is 0 Å². The van der Waals surface area contributed by atoms with Gasteiger partial charge in [-0.1, -0.05) is 164 Å². The molecule has 0 bridgehead atoms. The molecule has 0 saturated carbocycles. The molecule has 0 aliphatic carbocycles. The highest BCUT2D eigenvalue weighted by Gasteiger charge is 2.19. The Morgan fingerprint density at radius 2 is 0.709 bits per heavy atom. The molecule has 0 amide bonds. The summed E-state index contributed by atoms with van der Waals surface area (Å²) in [6.07, 6.45) is 0. The third-order valence-electron chi connectivity index (χ3n) is 10.1. The van der Waals surface area contributed by atoms with E-state index in [2.05, 4.69) is 140 Å². The zero-order chi connectivity index (χ0) is 36.6. The Hall–Kier alpha value is -7.43. The molecule has 0 saturated heterocycles. The van der Waals surface area contributed by atoms with Crippen molar-refractivity contribution in [3.63, 3.8) is 0 Å². The maximum atomic E-state index is 6.47. The molecule has 0 spiro atoms. The van der Waals surface area contributed by atoms with E-state index in [1.54, 1.807) is 0 Å². The van der Waals surface area contributed by atoms with Gasteiger partial charge in [0.2, 0.25) is 0 Å². The molecule has 55 heavy (non-hydrogen) atoms. The summed E-state index contributed by atoms with van der Waals surface area (Å²) in [5.41, 5.74) is 13.4. The average molecular weight is 704 g/mol. The number of nitrogens with zero attached hydrogens (tertiary/aromatic N) is 3. The van der Waals surface area contributed by atoms with Crippen LogP contribution in [0, 0.1) is 0 Å². The third-order valence-corrected chi connectivity index (χ3v) is 10.1. The van der Waals surface area contributed by atoms with Crippen LogP contribution in [0.25, 0.3) is 101 Å². The number of hydrogen-bond acceptors (Lipinski definition) is 4. The molecule has 0 N–H and O–H groups in total. The Bertz CT molecular complexity index is 2880. The summed E-state index contributed by atoms with van der Waals surface area (Å²) in [7, 11) is 0. The van der Waals surface area contributed by atoms with Gasteiger partial charge in [0.25, 0.3) is 0 Å². The van der Waals surface area contributed by atoms with Crippen LogP contribution in [0.2, 0.25) is 0 Å². The predicted octanol–water partition coefficient (Wildman–Crippen LogP) is 13.4. The minimum absolute atomic E-state index is 0.584. The zero-order valence-corrected chi connectivity index (χ0v) is 29.8. The van der Waals surface area contributed by atoms with E-state index in [0.717, 1.165) is 72.0 Å². The van der Waals surface area contributed by atoms with Crippen molar-refractivity contribution in [2.24, 2.45) is 0 Å². The first-order chi connectivity index (χ1) is 27.2. The number of rotatable bonds is 7. The molecule has 0 aliphatic heterocycles. The molecule has 0 fully saturated rings. The first-order valence-corrected chi connectivity index (χ1v) is 18.4. The molecule has 258 valence electrons. The van der Waals surface area contributed by atoms with Crippen LogP contribution in [0.15, 0.2) is 205 Å². The van der Waals surface area contributed by atoms with Gasteiger partial charge in [0.1, 0.15) is 11.2 Å². The fourth-order valence-corrected chi connectivity index (χ4v) is 7.37. The highest BCUT2D eigenvalue weighted by molar-refractivity contribution is 6.12. The maximum absolute atomic E-state index is 6.47. The van der Waals surface area contributed by atoms with Gasteiger partial charge < -0.3 is 4.42 Å². The summed E-state index contributed by atoms with van der Waals surface area (Å²) in [6.45, 7) is 0. The van der Waals surface area contributed by atoms with E-state index in [1.165, 1.54) is 11.1 Å². The van der Waals surface area contributed by atoms with E-state index >= 15 is 0 Å². The van der Waals surface area contributed by atoms with Crippen molar-refractivity contribution in [3.05, 3.63) is 200 Å². The molecule has 8 aromatic carbocycles. The molecule has 0 atom stereocenters. The molecule has 2 aromatic heterocycles. The van der Waals surface area contributed by atoms with Crippen molar-refractivity contribution in [3.8, 4) is 78.7 Å². The minimum atomic E-state index is 0.584. The second kappa shape index (κ2) is 13.8. The second-order valence-electron chi connectivity index (χ2n) is 13.6. The molecule has 10 rings (SSSR count). The Labute approximate surface area is 319 Å². The van der Waals surface area contributed by atoms with Crippen LogP contribution >= 0.6 is 0 Å². The Kier molecular flexibility index (Phi) is 8.12. The van der Waals surface area contributed by atoms with Gasteiger partial charge in [0.05, 0.1) is 0 Å². The van der Waals surface area contributed by atoms with Gasteiger partial charge in [0, 0.05) is 27.5 Å². The summed E-state index contributed by atoms with van der Waals surface area (Å²) in [4.78, 5) is 15.5. The standard InChI is InChI=1S/C51H33N3O/c1-5-14-34(15-6-1)37-24-26-38(27-25-37)40-28-29-46-45(33-40)48-44(22-13-23-47(48)55-46)51-53-49(39-20-11-4-12-21-39)52-50(54-51)43-31-41(35-16-7-2-8-17-35)30-42(32-43)36-18-9-3-10-19-36/h1-33H. The van der Waals surface area contributed by atoms with Crippen LogP contribution in [0.4, 0.5) is 0 Å². The first kappa shape index (κ1) is 32.2. The van der Waals surface area contributed by atoms with Crippen LogP contribution in [0.3, 0.4) is 0 Å². The van der Waals surface area contributed by atoms with Crippen molar-refractivity contribution >= 4 is 21.9 Å². The summed E-state index contributed by atoms with van der Waals surface area (Å²) in [5, 5.41) is 1.98. The molecule has 0 aliphatic rings. The largest absolute Gasteiger partial charge is 0.456 e. The molecule has 0 radical (unpaired) electrons. The van der Waals surface area contributed by atoms with Gasteiger partial charge in [-0.25, -0.2) is 15.0 Å². The van der Waals surface area contributed by atoms with Gasteiger partial charge in [-0.15, -0.1) is 0 Å². The number of hydrogen-bond donors (Lipinski definition) is 0. The Morgan fingerprint density at radius 1 is 0.273 bits per heavy atom. The van der Waals surface area contributed by atoms with Gasteiger partial charge in [0.15, 0.2) is 17.5 Å². The minimum Gasteiger partial charge on any atom is -0.456 e. The van der Waals surface area contributed by atoms with Gasteiger partial charge in [-0.05, 0) is 80.9 Å². The lowest BCUT2D eigenvalue weighted by Crippen LogP contribution is -2.01. The quantitative estimate of drug-likeness (QED) is 0.166. The van der Waals surface area contributed by atoms with Crippen molar-refractivity contribution in [2.45, 2.75) is 0 Å². The maximum Gasteiger partial charge on any atom is 0.164 e. The van der Waals surface area contributed by atoms with Gasteiger partial charge in [-0.3, -0.25) is 0 Å². The van der Waals surface area contributed by atoms with Gasteiger partial charge >= 0.3 is 0 Å². The van der Waals surface area contributed by atoms with Crippen LogP contribution in [0.1, 0.15) is 0 Å². The first-order valence-electron chi connectivity index (χ1n) is 18.4. The highest BCUT2D eigenvalue weighted by atomic mass is 16.3. The smallest absolute Gasteiger partial charge is 0.164 e. The van der Waals surface area contributed by atoms with E-state index in [4.69, 9.17) is 19.4 Å². The lowest BCUT2D eigenvalue weighted by molar-refractivity contribution is 0.669. The molecule has 10 aromatic rings. The summed E-state index contributed by atoms with van der Waals surface area (Å²) in [5.74, 6) is 1.79. The fourth-order valence-electron chi connectivity index (χ4n) is 7.37. The van der Waals surface area contributed by atoms with E-state index in [0.29, 0.717) is 17.5 Å². The number of benzene rings is 8. The van der Waals surface area contributed by atoms with Crippen molar-refractivity contribution in [1.82, 2.24) is 15.0 Å². The molecule has 2 heterocycles. The van der Waals surface area contributed by atoms with Crippen LogP contribution < -0.4 is 0 Å². The molecular weight excluding hydrogens is 671 g/mol. The van der Waals surface area contributed by atoms with Crippen LogP contribution in [-0.2, 0) is 0 Å². The van der Waals surface area contributed by atoms with Gasteiger partial charge in [-0.2, -0.15) is 0 Å². The normalized spacial score (nSPS) is 11.3. The Balaban J connectivity index is 1.15. The molecular formula is C51H33N3O. The summed E-state index contributed by atoms with van der Waals surface area (Å²) < 4.78 is 6.47. The summed E-state index contributed by atoms with van der Waals surface area (Å²) >= 11 is 0. The zero-order valence-electron chi connectivity index (χ0n) is 29.8. The van der Waals surface area contributed by atoms with E-state index < -0.39 is 0 Å². The third kappa shape index (κ3) is 6.26. The lowest BCUT2D eigenvalue weighted by Gasteiger charge is -2.13. The van der Waals surface area contributed by atoms with Crippen molar-refractivity contribution in [1.29, 1.82) is 0 Å². The van der Waals surface area contributed by atoms with E-state index in [-0.39, 0.29) is 0 Å². The van der Waals surface area contributed by atoms with Crippen molar-refractivity contribution < 1.29 is 4.42 Å².